The summed E-state index contributed by atoms with van der Waals surface area (Å²) in [6.07, 6.45) is 1.58. The van der Waals surface area contributed by atoms with E-state index < -0.39 is 29.2 Å². The second-order valence-corrected chi connectivity index (χ2v) is 4.88. The number of pyridine rings is 1. The zero-order valence-corrected chi connectivity index (χ0v) is 10.8. The first-order valence-electron chi connectivity index (χ1n) is 6.03. The van der Waals surface area contributed by atoms with Crippen molar-refractivity contribution in [3.63, 3.8) is 0 Å². The van der Waals surface area contributed by atoms with E-state index in [0.29, 0.717) is 19.5 Å². The number of halogens is 4. The van der Waals surface area contributed by atoms with Crippen molar-refractivity contribution >= 4 is 5.69 Å². The van der Waals surface area contributed by atoms with E-state index in [-0.39, 0.29) is 6.04 Å². The Labute approximate surface area is 108 Å². The largest absolute Gasteiger partial charge is 0.365 e. The van der Waals surface area contributed by atoms with Gasteiger partial charge in [0.1, 0.15) is 5.69 Å². The van der Waals surface area contributed by atoms with Gasteiger partial charge in [0, 0.05) is 19.1 Å². The minimum atomic E-state index is -1.61. The highest BCUT2D eigenvalue weighted by atomic mass is 19.2. The topological polar surface area (TPSA) is 19.4 Å². The van der Waals surface area contributed by atoms with Crippen molar-refractivity contribution in [1.29, 1.82) is 0 Å². The molecule has 0 amide bonds. The van der Waals surface area contributed by atoms with Gasteiger partial charge in [-0.15, -0.1) is 0 Å². The lowest BCUT2D eigenvalue weighted by Crippen LogP contribution is -2.46. The molecule has 7 heteroatoms. The van der Waals surface area contributed by atoms with E-state index in [1.54, 1.807) is 0 Å². The fourth-order valence-electron chi connectivity index (χ4n) is 2.33. The van der Waals surface area contributed by atoms with Gasteiger partial charge in [-0.25, -0.2) is 0 Å². The zero-order valence-electron chi connectivity index (χ0n) is 10.8. The molecule has 1 saturated heterocycles. The van der Waals surface area contributed by atoms with Crippen molar-refractivity contribution in [3.05, 3.63) is 23.5 Å². The predicted octanol–water partition coefficient (Wildman–Crippen LogP) is 2.17. The second kappa shape index (κ2) is 5.32. The summed E-state index contributed by atoms with van der Waals surface area (Å²) in [7, 11) is 3.71. The van der Waals surface area contributed by atoms with Gasteiger partial charge >= 0.3 is 0 Å². The number of nitrogens with zero attached hydrogens (tertiary/aromatic N) is 3. The van der Waals surface area contributed by atoms with Gasteiger partial charge in [0.05, 0.1) is 0 Å². The van der Waals surface area contributed by atoms with Crippen molar-refractivity contribution in [2.45, 2.75) is 18.9 Å². The average molecular weight is 277 g/mol. The molecule has 2 heterocycles. The summed E-state index contributed by atoms with van der Waals surface area (Å²) in [4.78, 5) is 5.83. The van der Waals surface area contributed by atoms with Crippen LogP contribution in [0.4, 0.5) is 23.2 Å². The number of piperidine rings is 1. The van der Waals surface area contributed by atoms with E-state index in [1.165, 1.54) is 4.90 Å². The molecule has 106 valence electrons. The molecule has 1 aliphatic rings. The van der Waals surface area contributed by atoms with E-state index >= 15 is 0 Å². The third-order valence-corrected chi connectivity index (χ3v) is 3.42. The molecule has 1 aromatic heterocycles. The lowest BCUT2D eigenvalue weighted by Gasteiger charge is -2.37. The van der Waals surface area contributed by atoms with Gasteiger partial charge in [-0.3, -0.25) is 0 Å². The van der Waals surface area contributed by atoms with Gasteiger partial charge < -0.3 is 9.80 Å². The summed E-state index contributed by atoms with van der Waals surface area (Å²) in [5, 5.41) is 0. The Morgan fingerprint density at radius 2 is 1.68 bits per heavy atom. The van der Waals surface area contributed by atoms with Crippen LogP contribution in [-0.2, 0) is 0 Å². The molecule has 3 nitrogen and oxygen atoms in total. The average Bonchev–Trinajstić information content (AvgIpc) is 2.37. The highest BCUT2D eigenvalue weighted by Gasteiger charge is 2.29. The Bertz CT molecular complexity index is 452. The molecule has 0 aliphatic carbocycles. The van der Waals surface area contributed by atoms with Crippen LogP contribution in [0.5, 0.6) is 0 Å². The molecule has 0 aromatic carbocycles. The fraction of sp³-hybridized carbons (Fsp3) is 0.583. The number of hydrogen-bond acceptors (Lipinski definition) is 3. The normalized spacial score (nSPS) is 20.2. The third-order valence-electron chi connectivity index (χ3n) is 3.42. The summed E-state index contributed by atoms with van der Waals surface area (Å²) >= 11 is 0. The molecule has 1 atom stereocenters. The standard InChI is InChI=1S/C12H15F4N3/c1-18(2)7-4-3-5-19(6-7)10-8(13)11(15)17-12(16)9(10)14/h7H,3-6H2,1-2H3. The van der Waals surface area contributed by atoms with Crippen molar-refractivity contribution in [1.82, 2.24) is 9.88 Å². The van der Waals surface area contributed by atoms with Crippen LogP contribution >= 0.6 is 0 Å². The van der Waals surface area contributed by atoms with Gasteiger partial charge in [-0.2, -0.15) is 22.5 Å². The Morgan fingerprint density at radius 3 is 2.21 bits per heavy atom. The van der Waals surface area contributed by atoms with E-state index in [0.717, 1.165) is 6.42 Å². The summed E-state index contributed by atoms with van der Waals surface area (Å²) < 4.78 is 53.5. The minimum absolute atomic E-state index is 0.0897. The van der Waals surface area contributed by atoms with E-state index in [9.17, 15) is 17.6 Å². The van der Waals surface area contributed by atoms with Gasteiger partial charge in [-0.05, 0) is 26.9 Å². The highest BCUT2D eigenvalue weighted by Crippen LogP contribution is 2.29. The second-order valence-electron chi connectivity index (χ2n) is 4.88. The van der Waals surface area contributed by atoms with Crippen LogP contribution < -0.4 is 4.90 Å². The SMILES string of the molecule is CN(C)C1CCCN(c2c(F)c(F)nc(F)c2F)C1. The number of hydrogen-bond donors (Lipinski definition) is 0. The fourth-order valence-corrected chi connectivity index (χ4v) is 2.33. The first-order chi connectivity index (χ1) is 8.91. The number of rotatable bonds is 2. The maximum absolute atomic E-state index is 13.7. The van der Waals surface area contributed by atoms with Crippen molar-refractivity contribution < 1.29 is 17.6 Å². The van der Waals surface area contributed by atoms with E-state index in [2.05, 4.69) is 4.98 Å². The first kappa shape index (κ1) is 14.0. The third kappa shape index (κ3) is 2.65. The van der Waals surface area contributed by atoms with Crippen LogP contribution in [0.3, 0.4) is 0 Å². The van der Waals surface area contributed by atoms with Crippen LogP contribution in [0.15, 0.2) is 0 Å². The molecule has 0 radical (unpaired) electrons. The molecule has 2 rings (SSSR count). The summed E-state index contributed by atoms with van der Waals surface area (Å²) in [6, 6.07) is 0.0897. The molecular weight excluding hydrogens is 262 g/mol. The van der Waals surface area contributed by atoms with Crippen molar-refractivity contribution in [2.75, 3.05) is 32.1 Å². The Balaban J connectivity index is 2.36. The lowest BCUT2D eigenvalue weighted by molar-refractivity contribution is 0.255. The lowest BCUT2D eigenvalue weighted by atomic mass is 10.0. The highest BCUT2D eigenvalue weighted by molar-refractivity contribution is 5.49. The first-order valence-corrected chi connectivity index (χ1v) is 6.03. The van der Waals surface area contributed by atoms with Crippen molar-refractivity contribution in [3.8, 4) is 0 Å². The summed E-state index contributed by atoms with van der Waals surface area (Å²) in [5.74, 6) is -6.08. The maximum atomic E-state index is 13.7. The van der Waals surface area contributed by atoms with Gasteiger partial charge in [0.25, 0.3) is 11.9 Å². The molecule has 0 N–H and O–H groups in total. The Hall–Kier alpha value is -1.37. The molecule has 1 fully saturated rings. The monoisotopic (exact) mass is 277 g/mol. The predicted molar refractivity (Wildman–Crippen MR) is 63.0 cm³/mol. The number of likely N-dealkylation sites (N-methyl/N-ethyl adjacent to an activating group) is 1. The van der Waals surface area contributed by atoms with Crippen LogP contribution in [-0.4, -0.2) is 43.1 Å². The molecule has 0 bridgehead atoms. The molecular formula is C12H15F4N3. The van der Waals surface area contributed by atoms with Crippen molar-refractivity contribution in [2.24, 2.45) is 0 Å². The van der Waals surface area contributed by atoms with Gasteiger partial charge in [-0.1, -0.05) is 0 Å². The van der Waals surface area contributed by atoms with Crippen LogP contribution in [0, 0.1) is 23.5 Å². The number of aromatic nitrogens is 1. The zero-order chi connectivity index (χ0) is 14.2. The Kier molecular flexibility index (Phi) is 3.93. The molecule has 1 unspecified atom stereocenters. The Morgan fingerprint density at radius 1 is 1.11 bits per heavy atom. The molecule has 0 saturated carbocycles. The smallest absolute Gasteiger partial charge is 0.253 e. The van der Waals surface area contributed by atoms with Gasteiger partial charge in [0.2, 0.25) is 11.6 Å². The minimum Gasteiger partial charge on any atom is -0.365 e. The van der Waals surface area contributed by atoms with E-state index in [4.69, 9.17) is 0 Å². The van der Waals surface area contributed by atoms with Gasteiger partial charge in [0.15, 0.2) is 0 Å². The summed E-state index contributed by atoms with van der Waals surface area (Å²) in [5.41, 5.74) is -0.656. The van der Waals surface area contributed by atoms with E-state index in [1.807, 2.05) is 19.0 Å². The summed E-state index contributed by atoms with van der Waals surface area (Å²) in [6.45, 7) is 0.685. The quantitative estimate of drug-likeness (QED) is 0.610. The molecule has 19 heavy (non-hydrogen) atoms. The van der Waals surface area contributed by atoms with Crippen LogP contribution in [0.1, 0.15) is 12.8 Å². The molecule has 1 aromatic rings. The molecule has 0 spiro atoms. The molecule has 1 aliphatic heterocycles. The van der Waals surface area contributed by atoms with Crippen LogP contribution in [0.25, 0.3) is 0 Å². The maximum Gasteiger partial charge on any atom is 0.253 e. The van der Waals surface area contributed by atoms with Crippen LogP contribution in [0.2, 0.25) is 0 Å². The number of anilines is 1.